The largest absolute Gasteiger partial charge is 0.315 e. The lowest BCUT2D eigenvalue weighted by atomic mass is 10.0. The second-order valence-electron chi connectivity index (χ2n) is 4.53. The highest BCUT2D eigenvalue weighted by Gasteiger charge is 2.13. The number of hydrogen-bond donors (Lipinski definition) is 1. The smallest absolute Gasteiger partial charge is 0.0666 e. The Hall–Kier alpha value is -0.550. The lowest BCUT2D eigenvalue weighted by molar-refractivity contribution is 0.465. The highest BCUT2D eigenvalue weighted by atomic mass is 14.8. The molecule has 0 aromatic heterocycles. The number of nitrogens with zero attached hydrogens (tertiary/aromatic N) is 1. The Morgan fingerprint density at radius 2 is 2.14 bits per heavy atom. The molecule has 2 nitrogen and oxygen atoms in total. The van der Waals surface area contributed by atoms with E-state index in [9.17, 15) is 0 Å². The quantitative estimate of drug-likeness (QED) is 0.660. The van der Waals surface area contributed by atoms with Crippen molar-refractivity contribution in [3.63, 3.8) is 0 Å². The fraction of sp³-hybridized carbons (Fsp3) is 0.917. The van der Waals surface area contributed by atoms with Gasteiger partial charge in [-0.05, 0) is 32.2 Å². The summed E-state index contributed by atoms with van der Waals surface area (Å²) in [6.07, 6.45) is 8.47. The van der Waals surface area contributed by atoms with E-state index in [0.29, 0.717) is 0 Å². The third-order valence-electron chi connectivity index (χ3n) is 3.11. The van der Waals surface area contributed by atoms with Crippen LogP contribution in [0.1, 0.15) is 45.4 Å². The van der Waals surface area contributed by atoms with E-state index in [2.05, 4.69) is 11.4 Å². The van der Waals surface area contributed by atoms with Crippen LogP contribution >= 0.6 is 0 Å². The molecule has 1 N–H and O–H groups in total. The van der Waals surface area contributed by atoms with Gasteiger partial charge in [0.25, 0.3) is 0 Å². The molecule has 0 saturated heterocycles. The van der Waals surface area contributed by atoms with Gasteiger partial charge in [-0.1, -0.05) is 25.7 Å². The summed E-state index contributed by atoms with van der Waals surface area (Å²) >= 11 is 0. The molecule has 1 rings (SSSR count). The summed E-state index contributed by atoms with van der Waals surface area (Å²) in [4.78, 5) is 0. The molecule has 1 unspecified atom stereocenters. The molecule has 2 heteroatoms. The SMILES string of the molecule is CC(C#N)CNCCCC1CCCC1. The molecule has 80 valence electrons. The minimum atomic E-state index is 0.154. The summed E-state index contributed by atoms with van der Waals surface area (Å²) in [5.74, 6) is 1.16. The molecular weight excluding hydrogens is 172 g/mol. The van der Waals surface area contributed by atoms with Gasteiger partial charge in [0.15, 0.2) is 0 Å². The van der Waals surface area contributed by atoms with Crippen LogP contribution in [0.5, 0.6) is 0 Å². The van der Waals surface area contributed by atoms with Gasteiger partial charge in [0.1, 0.15) is 0 Å². The number of nitriles is 1. The zero-order valence-corrected chi connectivity index (χ0v) is 9.26. The third-order valence-corrected chi connectivity index (χ3v) is 3.11. The van der Waals surface area contributed by atoms with Crippen molar-refractivity contribution >= 4 is 0 Å². The van der Waals surface area contributed by atoms with E-state index in [0.717, 1.165) is 19.0 Å². The number of nitrogens with one attached hydrogen (secondary N) is 1. The Bertz CT molecular complexity index is 177. The van der Waals surface area contributed by atoms with E-state index in [1.807, 2.05) is 6.92 Å². The van der Waals surface area contributed by atoms with Gasteiger partial charge in [-0.2, -0.15) is 5.26 Å². The van der Waals surface area contributed by atoms with Crippen LogP contribution in [0, 0.1) is 23.2 Å². The van der Waals surface area contributed by atoms with Crippen LogP contribution in [-0.2, 0) is 0 Å². The summed E-state index contributed by atoms with van der Waals surface area (Å²) in [5, 5.41) is 11.9. The molecule has 1 fully saturated rings. The Labute approximate surface area is 87.7 Å². The van der Waals surface area contributed by atoms with Crippen molar-refractivity contribution in [3.8, 4) is 6.07 Å². The Morgan fingerprint density at radius 3 is 2.79 bits per heavy atom. The van der Waals surface area contributed by atoms with Gasteiger partial charge in [0, 0.05) is 6.54 Å². The average Bonchev–Trinajstić information content (AvgIpc) is 2.69. The standard InChI is InChI=1S/C12H22N2/c1-11(9-13)10-14-8-4-7-12-5-2-3-6-12/h11-12,14H,2-8,10H2,1H3. The monoisotopic (exact) mass is 194 g/mol. The van der Waals surface area contributed by atoms with E-state index >= 15 is 0 Å². The summed E-state index contributed by atoms with van der Waals surface area (Å²) in [7, 11) is 0. The van der Waals surface area contributed by atoms with E-state index in [1.54, 1.807) is 0 Å². The van der Waals surface area contributed by atoms with Crippen molar-refractivity contribution in [1.82, 2.24) is 5.32 Å². The maximum absolute atomic E-state index is 8.57. The Kier molecular flexibility index (Phi) is 5.63. The molecule has 0 radical (unpaired) electrons. The molecule has 14 heavy (non-hydrogen) atoms. The molecule has 0 amide bonds. The van der Waals surface area contributed by atoms with E-state index < -0.39 is 0 Å². The summed E-state index contributed by atoms with van der Waals surface area (Å²) in [6, 6.07) is 2.23. The number of rotatable bonds is 6. The van der Waals surface area contributed by atoms with Gasteiger partial charge in [-0.3, -0.25) is 0 Å². The second kappa shape index (κ2) is 6.84. The minimum absolute atomic E-state index is 0.154. The Morgan fingerprint density at radius 1 is 1.43 bits per heavy atom. The van der Waals surface area contributed by atoms with Crippen LogP contribution in [0.25, 0.3) is 0 Å². The van der Waals surface area contributed by atoms with Crippen molar-refractivity contribution in [1.29, 1.82) is 5.26 Å². The van der Waals surface area contributed by atoms with Crippen molar-refractivity contribution < 1.29 is 0 Å². The molecule has 0 aliphatic heterocycles. The maximum Gasteiger partial charge on any atom is 0.0666 e. The van der Waals surface area contributed by atoms with Crippen molar-refractivity contribution in [2.24, 2.45) is 11.8 Å². The zero-order valence-electron chi connectivity index (χ0n) is 9.26. The van der Waals surface area contributed by atoms with E-state index in [-0.39, 0.29) is 5.92 Å². The molecule has 1 atom stereocenters. The predicted octanol–water partition coefficient (Wildman–Crippen LogP) is 2.71. The number of hydrogen-bond acceptors (Lipinski definition) is 2. The van der Waals surface area contributed by atoms with Crippen LogP contribution in [0.2, 0.25) is 0 Å². The highest BCUT2D eigenvalue weighted by Crippen LogP contribution is 2.28. The first-order valence-electron chi connectivity index (χ1n) is 5.93. The van der Waals surface area contributed by atoms with Crippen molar-refractivity contribution in [2.45, 2.75) is 45.4 Å². The molecule has 0 aromatic rings. The highest BCUT2D eigenvalue weighted by molar-refractivity contribution is 4.80. The molecule has 0 bridgehead atoms. The van der Waals surface area contributed by atoms with Crippen LogP contribution in [0.3, 0.4) is 0 Å². The van der Waals surface area contributed by atoms with Crippen molar-refractivity contribution in [2.75, 3.05) is 13.1 Å². The van der Waals surface area contributed by atoms with E-state index in [4.69, 9.17) is 5.26 Å². The van der Waals surface area contributed by atoms with Crippen LogP contribution in [0.4, 0.5) is 0 Å². The molecule has 0 spiro atoms. The van der Waals surface area contributed by atoms with Gasteiger partial charge < -0.3 is 5.32 Å². The summed E-state index contributed by atoms with van der Waals surface area (Å²) in [6.45, 7) is 3.90. The van der Waals surface area contributed by atoms with Crippen LogP contribution in [-0.4, -0.2) is 13.1 Å². The zero-order chi connectivity index (χ0) is 10.2. The molecule has 0 heterocycles. The summed E-state index contributed by atoms with van der Waals surface area (Å²) in [5.41, 5.74) is 0. The third kappa shape index (κ3) is 4.62. The van der Waals surface area contributed by atoms with Gasteiger partial charge >= 0.3 is 0 Å². The first-order valence-corrected chi connectivity index (χ1v) is 5.93. The first kappa shape index (κ1) is 11.5. The van der Waals surface area contributed by atoms with Crippen LogP contribution < -0.4 is 5.32 Å². The topological polar surface area (TPSA) is 35.8 Å². The van der Waals surface area contributed by atoms with Crippen molar-refractivity contribution in [3.05, 3.63) is 0 Å². The average molecular weight is 194 g/mol. The van der Waals surface area contributed by atoms with Gasteiger partial charge in [0.05, 0.1) is 12.0 Å². The molecule has 1 aliphatic carbocycles. The second-order valence-corrected chi connectivity index (χ2v) is 4.53. The lowest BCUT2D eigenvalue weighted by Gasteiger charge is -2.09. The maximum atomic E-state index is 8.57. The first-order chi connectivity index (χ1) is 6.83. The Balaban J connectivity index is 1.87. The van der Waals surface area contributed by atoms with Gasteiger partial charge in [-0.15, -0.1) is 0 Å². The fourth-order valence-electron chi connectivity index (χ4n) is 2.18. The normalized spacial score (nSPS) is 19.4. The van der Waals surface area contributed by atoms with Gasteiger partial charge in [0.2, 0.25) is 0 Å². The summed E-state index contributed by atoms with van der Waals surface area (Å²) < 4.78 is 0. The van der Waals surface area contributed by atoms with Gasteiger partial charge in [-0.25, -0.2) is 0 Å². The van der Waals surface area contributed by atoms with E-state index in [1.165, 1.54) is 38.5 Å². The minimum Gasteiger partial charge on any atom is -0.315 e. The predicted molar refractivity (Wildman–Crippen MR) is 58.8 cm³/mol. The lowest BCUT2D eigenvalue weighted by Crippen LogP contribution is -2.21. The fourth-order valence-corrected chi connectivity index (χ4v) is 2.18. The molecule has 0 aromatic carbocycles. The van der Waals surface area contributed by atoms with Crippen LogP contribution in [0.15, 0.2) is 0 Å². The molecule has 1 saturated carbocycles. The molecule has 1 aliphatic rings. The molecular formula is C12H22N2.